The van der Waals surface area contributed by atoms with Crippen molar-refractivity contribution in [3.8, 4) is 23.1 Å². The second-order valence-corrected chi connectivity index (χ2v) is 11.1. The minimum Gasteiger partial charge on any atom is -0.497 e. The Morgan fingerprint density at radius 1 is 1.07 bits per heavy atom. The summed E-state index contributed by atoms with van der Waals surface area (Å²) in [6.45, 7) is 5.36. The molecule has 0 fully saturated rings. The smallest absolute Gasteiger partial charge is 0.296 e. The molecule has 0 bridgehead atoms. The number of hydrogen-bond donors (Lipinski definition) is 4. The number of methoxy groups -OCH3 is 1. The third kappa shape index (κ3) is 7.23. The molecule has 0 aliphatic heterocycles. The van der Waals surface area contributed by atoms with Crippen molar-refractivity contribution in [2.75, 3.05) is 30.4 Å². The average molecular weight is 585 g/mol. The SMILES string of the molecule is COc1cccc(Oc2c(NS(=O)(=O)c3ccc(C(C)(C)C)cc3)nc(C(=O)Nc3nn[nH]n3)nc2OCCO)c1. The summed E-state index contributed by atoms with van der Waals surface area (Å²) < 4.78 is 46.0. The quantitative estimate of drug-likeness (QED) is 0.201. The van der Waals surface area contributed by atoms with E-state index < -0.39 is 34.2 Å². The van der Waals surface area contributed by atoms with Crippen LogP contribution >= 0.6 is 0 Å². The number of aromatic amines is 1. The van der Waals surface area contributed by atoms with Crippen molar-refractivity contribution >= 4 is 27.7 Å². The Morgan fingerprint density at radius 3 is 2.44 bits per heavy atom. The van der Waals surface area contributed by atoms with Gasteiger partial charge in [0.15, 0.2) is 5.82 Å². The Balaban J connectivity index is 1.80. The first-order valence-electron chi connectivity index (χ1n) is 12.2. The number of H-pyrrole nitrogens is 1. The van der Waals surface area contributed by atoms with Gasteiger partial charge in [-0.25, -0.2) is 13.4 Å². The van der Waals surface area contributed by atoms with Gasteiger partial charge in [0.1, 0.15) is 18.1 Å². The monoisotopic (exact) mass is 584 g/mol. The zero-order chi connectivity index (χ0) is 29.6. The van der Waals surface area contributed by atoms with E-state index >= 15 is 0 Å². The number of tetrazole rings is 1. The van der Waals surface area contributed by atoms with Gasteiger partial charge in [0.25, 0.3) is 27.8 Å². The Morgan fingerprint density at radius 2 is 1.80 bits per heavy atom. The van der Waals surface area contributed by atoms with E-state index in [-0.39, 0.29) is 40.2 Å². The zero-order valence-electron chi connectivity index (χ0n) is 22.6. The molecule has 16 heteroatoms. The Hall–Kier alpha value is -4.83. The highest BCUT2D eigenvalue weighted by Crippen LogP contribution is 2.38. The maximum atomic E-state index is 13.5. The summed E-state index contributed by atoms with van der Waals surface area (Å²) >= 11 is 0. The lowest BCUT2D eigenvalue weighted by molar-refractivity contribution is 0.101. The number of aromatic nitrogens is 6. The normalized spacial score (nSPS) is 11.5. The summed E-state index contributed by atoms with van der Waals surface area (Å²) in [5, 5.41) is 24.5. The highest BCUT2D eigenvalue weighted by Gasteiger charge is 2.27. The number of aliphatic hydroxyl groups excluding tert-OH is 1. The van der Waals surface area contributed by atoms with Gasteiger partial charge in [0.05, 0.1) is 18.6 Å². The highest BCUT2D eigenvalue weighted by atomic mass is 32.2. The van der Waals surface area contributed by atoms with Crippen molar-refractivity contribution < 1.29 is 32.5 Å². The van der Waals surface area contributed by atoms with Crippen LogP contribution < -0.4 is 24.2 Å². The topological polar surface area (TPSA) is 203 Å². The van der Waals surface area contributed by atoms with Crippen LogP contribution in [0.4, 0.5) is 11.8 Å². The van der Waals surface area contributed by atoms with Gasteiger partial charge < -0.3 is 19.3 Å². The van der Waals surface area contributed by atoms with Crippen LogP contribution in [0.5, 0.6) is 23.1 Å². The number of nitrogens with zero attached hydrogens (tertiary/aromatic N) is 5. The highest BCUT2D eigenvalue weighted by molar-refractivity contribution is 7.92. The van der Waals surface area contributed by atoms with Gasteiger partial charge in [-0.1, -0.05) is 44.1 Å². The lowest BCUT2D eigenvalue weighted by Gasteiger charge is -2.19. The first-order chi connectivity index (χ1) is 19.5. The molecule has 1 amide bonds. The van der Waals surface area contributed by atoms with Crippen LogP contribution in [0.2, 0.25) is 0 Å². The van der Waals surface area contributed by atoms with E-state index in [2.05, 4.69) is 40.6 Å². The van der Waals surface area contributed by atoms with E-state index in [1.807, 2.05) is 20.8 Å². The minimum atomic E-state index is -4.25. The van der Waals surface area contributed by atoms with Crippen molar-refractivity contribution in [2.45, 2.75) is 31.1 Å². The lowest BCUT2D eigenvalue weighted by Crippen LogP contribution is -2.21. The minimum absolute atomic E-state index is 0.0629. The Labute approximate surface area is 235 Å². The van der Waals surface area contributed by atoms with Crippen LogP contribution in [0, 0.1) is 0 Å². The molecule has 0 atom stereocenters. The van der Waals surface area contributed by atoms with Crippen molar-refractivity contribution in [3.05, 3.63) is 59.9 Å². The molecule has 0 radical (unpaired) electrons. The predicted molar refractivity (Wildman–Crippen MR) is 146 cm³/mol. The molecule has 216 valence electrons. The maximum Gasteiger partial charge on any atom is 0.296 e. The lowest BCUT2D eigenvalue weighted by atomic mass is 9.87. The summed E-state index contributed by atoms with van der Waals surface area (Å²) in [6.07, 6.45) is 0. The average Bonchev–Trinajstić information content (AvgIpc) is 3.45. The fourth-order valence-corrected chi connectivity index (χ4v) is 4.41. The summed E-state index contributed by atoms with van der Waals surface area (Å²) in [4.78, 5) is 21.1. The van der Waals surface area contributed by atoms with Gasteiger partial charge in [-0.15, -0.1) is 5.10 Å². The van der Waals surface area contributed by atoms with Crippen molar-refractivity contribution in [3.63, 3.8) is 0 Å². The molecule has 4 aromatic rings. The number of rotatable bonds is 11. The van der Waals surface area contributed by atoms with Crippen molar-refractivity contribution in [2.24, 2.45) is 0 Å². The molecule has 2 aromatic heterocycles. The molecular weight excluding hydrogens is 556 g/mol. The summed E-state index contributed by atoms with van der Waals surface area (Å²) in [7, 11) is -2.78. The zero-order valence-corrected chi connectivity index (χ0v) is 23.4. The van der Waals surface area contributed by atoms with E-state index in [4.69, 9.17) is 14.2 Å². The first-order valence-corrected chi connectivity index (χ1v) is 13.6. The number of anilines is 2. The van der Waals surface area contributed by atoms with E-state index in [1.165, 1.54) is 25.3 Å². The largest absolute Gasteiger partial charge is 0.497 e. The third-order valence-corrected chi connectivity index (χ3v) is 6.82. The number of nitrogens with one attached hydrogen (secondary N) is 3. The second-order valence-electron chi connectivity index (χ2n) is 9.45. The van der Waals surface area contributed by atoms with Gasteiger partial charge in [-0.2, -0.15) is 10.2 Å². The number of amides is 1. The molecule has 41 heavy (non-hydrogen) atoms. The fourth-order valence-electron chi connectivity index (χ4n) is 3.41. The number of hydrogen-bond acceptors (Lipinski definition) is 12. The van der Waals surface area contributed by atoms with Crippen LogP contribution in [0.3, 0.4) is 0 Å². The molecule has 0 spiro atoms. The van der Waals surface area contributed by atoms with Crippen LogP contribution in [0.15, 0.2) is 53.4 Å². The van der Waals surface area contributed by atoms with E-state index in [9.17, 15) is 18.3 Å². The molecule has 15 nitrogen and oxygen atoms in total. The van der Waals surface area contributed by atoms with E-state index in [0.29, 0.717) is 5.75 Å². The van der Waals surface area contributed by atoms with Crippen LogP contribution in [-0.2, 0) is 15.4 Å². The summed E-state index contributed by atoms with van der Waals surface area (Å²) in [6, 6.07) is 12.8. The number of benzene rings is 2. The summed E-state index contributed by atoms with van der Waals surface area (Å²) in [5.41, 5.74) is 0.737. The molecule has 4 rings (SSSR count). The number of carbonyl (C=O) groups excluding carboxylic acids is 1. The van der Waals surface area contributed by atoms with E-state index in [1.54, 1.807) is 30.3 Å². The van der Waals surface area contributed by atoms with Crippen LogP contribution in [0.25, 0.3) is 0 Å². The van der Waals surface area contributed by atoms with Gasteiger partial charge in [-0.05, 0) is 40.5 Å². The van der Waals surface area contributed by atoms with Gasteiger partial charge >= 0.3 is 0 Å². The predicted octanol–water partition coefficient (Wildman–Crippen LogP) is 2.51. The number of aliphatic hydroxyl groups is 1. The summed E-state index contributed by atoms with van der Waals surface area (Å²) in [5.74, 6) is -1.90. The fraction of sp³-hybridized carbons (Fsp3) is 0.280. The number of ether oxygens (including phenoxy) is 3. The Bertz CT molecular complexity index is 1610. The molecule has 0 aliphatic rings. The molecule has 4 N–H and O–H groups in total. The molecule has 0 saturated heterocycles. The standard InChI is InChI=1S/C25H28N8O7S/c1-25(2,3)15-8-10-18(11-9-15)41(36,37)31-20-19(40-17-7-5-6-16(14-17)38-4)23(39-13-12-34)27-21(26-20)22(35)28-24-29-32-33-30-24/h5-11,14,34H,12-13H2,1-4H3,(H,26,27,31)(H2,28,29,30,32,33,35). The Kier molecular flexibility index (Phi) is 8.63. The number of carbonyl (C=O) groups is 1. The van der Waals surface area contributed by atoms with Crippen molar-refractivity contribution in [1.82, 2.24) is 30.6 Å². The van der Waals surface area contributed by atoms with E-state index in [0.717, 1.165) is 5.56 Å². The maximum absolute atomic E-state index is 13.5. The number of sulfonamides is 1. The van der Waals surface area contributed by atoms with Gasteiger partial charge in [-0.3, -0.25) is 14.8 Å². The third-order valence-electron chi connectivity index (χ3n) is 5.46. The van der Waals surface area contributed by atoms with Crippen LogP contribution in [-0.4, -0.2) is 70.3 Å². The molecule has 0 aliphatic carbocycles. The second kappa shape index (κ2) is 12.1. The molecule has 0 unspecified atom stereocenters. The molecule has 0 saturated carbocycles. The van der Waals surface area contributed by atoms with Gasteiger partial charge in [0, 0.05) is 6.07 Å². The van der Waals surface area contributed by atoms with Gasteiger partial charge in [0.2, 0.25) is 11.6 Å². The van der Waals surface area contributed by atoms with Crippen LogP contribution in [0.1, 0.15) is 37.0 Å². The first kappa shape index (κ1) is 29.2. The molecule has 2 heterocycles. The molecule has 2 aromatic carbocycles. The molecular formula is C25H28N8O7S. The van der Waals surface area contributed by atoms with Crippen molar-refractivity contribution in [1.29, 1.82) is 0 Å².